The molecule has 2 heterocycles. The first-order valence-electron chi connectivity index (χ1n) is 13.2. The molecule has 214 valence electrons. The number of rotatable bonds is 9. The summed E-state index contributed by atoms with van der Waals surface area (Å²) in [6, 6.07) is 12.8. The average molecular weight is 632 g/mol. The number of anilines is 1. The van der Waals surface area contributed by atoms with Crippen LogP contribution in [0.2, 0.25) is 0 Å². The Morgan fingerprint density at radius 3 is 2.12 bits per heavy atom. The van der Waals surface area contributed by atoms with Gasteiger partial charge in [0, 0.05) is 25.5 Å². The van der Waals surface area contributed by atoms with Gasteiger partial charge in [-0.15, -0.1) is 0 Å². The minimum absolute atomic E-state index is 0.0212. The molecule has 0 atom stereocenters. The van der Waals surface area contributed by atoms with Crippen LogP contribution in [0.15, 0.2) is 59.3 Å². The van der Waals surface area contributed by atoms with E-state index >= 15 is 0 Å². The van der Waals surface area contributed by atoms with Gasteiger partial charge in [-0.1, -0.05) is 58.0 Å². The van der Waals surface area contributed by atoms with Gasteiger partial charge < -0.3 is 13.8 Å². The summed E-state index contributed by atoms with van der Waals surface area (Å²) in [5.74, 6) is 0.789. The summed E-state index contributed by atoms with van der Waals surface area (Å²) < 4.78 is 40.9. The number of nitrogens with one attached hydrogen (secondary N) is 1. The predicted molar refractivity (Wildman–Crippen MR) is 158 cm³/mol. The zero-order valence-corrected chi connectivity index (χ0v) is 25.8. The van der Waals surface area contributed by atoms with E-state index in [4.69, 9.17) is 8.92 Å². The van der Waals surface area contributed by atoms with E-state index < -0.39 is 21.6 Å². The molecule has 1 fully saturated rings. The number of ether oxygens (including phenoxy) is 1. The van der Waals surface area contributed by atoms with Gasteiger partial charge in [0.05, 0.1) is 17.0 Å². The first-order chi connectivity index (χ1) is 19.0. The molecule has 1 saturated heterocycles. The third-order valence-electron chi connectivity index (χ3n) is 7.29. The Balaban J connectivity index is 1.65. The van der Waals surface area contributed by atoms with Gasteiger partial charge >= 0.3 is 10.3 Å². The summed E-state index contributed by atoms with van der Waals surface area (Å²) in [7, 11) is -2.95. The number of methoxy groups -OCH3 is 1. The molecule has 0 bridgehead atoms. The molecule has 9 nitrogen and oxygen atoms in total. The van der Waals surface area contributed by atoms with Crippen LogP contribution in [0.5, 0.6) is 11.5 Å². The fraction of sp³-hybridized carbons (Fsp3) is 0.414. The van der Waals surface area contributed by atoms with Crippen molar-refractivity contribution in [2.45, 2.75) is 57.8 Å². The van der Waals surface area contributed by atoms with Gasteiger partial charge in [-0.25, -0.2) is 14.7 Å². The van der Waals surface area contributed by atoms with Crippen molar-refractivity contribution in [1.29, 1.82) is 0 Å². The average Bonchev–Trinajstić information content (AvgIpc) is 2.93. The molecule has 40 heavy (non-hydrogen) atoms. The lowest BCUT2D eigenvalue weighted by Gasteiger charge is -2.40. The van der Waals surface area contributed by atoms with Crippen molar-refractivity contribution in [2.24, 2.45) is 0 Å². The molecule has 2 aromatic carbocycles. The van der Waals surface area contributed by atoms with Gasteiger partial charge in [-0.05, 0) is 69.4 Å². The summed E-state index contributed by atoms with van der Waals surface area (Å²) in [4.78, 5) is 24.7. The van der Waals surface area contributed by atoms with Crippen molar-refractivity contribution in [1.82, 2.24) is 14.7 Å². The van der Waals surface area contributed by atoms with Gasteiger partial charge in [0.25, 0.3) is 0 Å². The molecular weight excluding hydrogens is 596 g/mol. The van der Waals surface area contributed by atoms with E-state index in [1.807, 2.05) is 56.9 Å². The van der Waals surface area contributed by atoms with Crippen LogP contribution in [0.1, 0.15) is 69.1 Å². The van der Waals surface area contributed by atoms with Gasteiger partial charge in [0.15, 0.2) is 5.75 Å². The maximum Gasteiger partial charge on any atom is 0.409 e. The lowest BCUT2D eigenvalue weighted by atomic mass is 9.72. The second kappa shape index (κ2) is 12.1. The molecule has 1 aliphatic heterocycles. The van der Waals surface area contributed by atoms with Crippen LogP contribution < -0.4 is 18.5 Å². The number of para-hydroxylation sites is 1. The van der Waals surface area contributed by atoms with Crippen molar-refractivity contribution in [3.05, 3.63) is 76.0 Å². The molecule has 0 saturated carbocycles. The van der Waals surface area contributed by atoms with E-state index in [1.165, 1.54) is 0 Å². The Morgan fingerprint density at radius 2 is 1.57 bits per heavy atom. The number of carbonyl (C=O) groups is 1. The number of carbonyl (C=O) groups excluding carboxylic acids is 1. The van der Waals surface area contributed by atoms with E-state index in [0.29, 0.717) is 43.2 Å². The Morgan fingerprint density at radius 1 is 1.00 bits per heavy atom. The van der Waals surface area contributed by atoms with Gasteiger partial charge in [0.2, 0.25) is 11.9 Å². The van der Waals surface area contributed by atoms with Crippen LogP contribution in [0.4, 0.5) is 5.95 Å². The number of piperidine rings is 1. The molecule has 0 radical (unpaired) electrons. The summed E-state index contributed by atoms with van der Waals surface area (Å²) in [5.41, 5.74) is 1.04. The van der Waals surface area contributed by atoms with Crippen LogP contribution in [0, 0.1) is 0 Å². The number of amides is 1. The Labute approximate surface area is 244 Å². The molecular formula is C29H35BrN4O5S. The van der Waals surface area contributed by atoms with Crippen LogP contribution >= 0.6 is 15.9 Å². The standard InChI is InChI=1S/C29H35BrN4O5S/c1-19(2)24-10-7-11-25(20(3)4)26(24)39-40(36,37)33-27(35)29(21-8-6-9-23(16-21)38-5)12-14-34(15-13-29)28-31-17-22(30)18-32-28/h6-11,16-20H,12-15H2,1-5H3,(H,33,35). The molecule has 1 N–H and O–H groups in total. The monoisotopic (exact) mass is 630 g/mol. The number of aromatic nitrogens is 2. The Kier molecular flexibility index (Phi) is 9.04. The fourth-order valence-corrected chi connectivity index (χ4v) is 6.13. The number of hydrogen-bond acceptors (Lipinski definition) is 8. The normalized spacial score (nSPS) is 15.2. The SMILES string of the molecule is COc1cccc(C2(C(=O)NS(=O)(=O)Oc3c(C(C)C)cccc3C(C)C)CCN(c3ncc(Br)cn3)CC2)c1. The van der Waals surface area contributed by atoms with E-state index in [0.717, 1.165) is 15.6 Å². The van der Waals surface area contributed by atoms with Gasteiger partial charge in [-0.3, -0.25) is 4.79 Å². The zero-order valence-electron chi connectivity index (χ0n) is 23.3. The molecule has 0 unspecified atom stereocenters. The maximum atomic E-state index is 14.0. The zero-order chi connectivity index (χ0) is 29.1. The van der Waals surface area contributed by atoms with Crippen LogP contribution in [0.3, 0.4) is 0 Å². The quantitative estimate of drug-likeness (QED) is 0.331. The van der Waals surface area contributed by atoms with E-state index in [-0.39, 0.29) is 17.6 Å². The van der Waals surface area contributed by atoms with Crippen molar-refractivity contribution >= 4 is 38.1 Å². The van der Waals surface area contributed by atoms with Crippen molar-refractivity contribution < 1.29 is 22.1 Å². The fourth-order valence-electron chi connectivity index (χ4n) is 5.05. The number of halogens is 1. The molecule has 0 aliphatic carbocycles. The topological polar surface area (TPSA) is 111 Å². The molecule has 1 amide bonds. The van der Waals surface area contributed by atoms with Gasteiger partial charge in [0.1, 0.15) is 5.75 Å². The second-order valence-electron chi connectivity index (χ2n) is 10.5. The highest BCUT2D eigenvalue weighted by molar-refractivity contribution is 9.10. The van der Waals surface area contributed by atoms with Crippen molar-refractivity contribution in [2.75, 3.05) is 25.1 Å². The summed E-state index contributed by atoms with van der Waals surface area (Å²) >= 11 is 3.35. The summed E-state index contributed by atoms with van der Waals surface area (Å²) in [6.07, 6.45) is 4.01. The van der Waals surface area contributed by atoms with E-state index in [1.54, 1.807) is 37.7 Å². The van der Waals surface area contributed by atoms with Gasteiger partial charge in [-0.2, -0.15) is 8.42 Å². The number of hydrogen-bond donors (Lipinski definition) is 1. The highest BCUT2D eigenvalue weighted by Crippen LogP contribution is 2.39. The summed E-state index contributed by atoms with van der Waals surface area (Å²) in [6.45, 7) is 8.77. The molecule has 1 aliphatic rings. The highest BCUT2D eigenvalue weighted by Gasteiger charge is 2.45. The number of benzene rings is 2. The lowest BCUT2D eigenvalue weighted by molar-refractivity contribution is -0.125. The third kappa shape index (κ3) is 6.41. The second-order valence-corrected chi connectivity index (χ2v) is 12.7. The third-order valence-corrected chi connectivity index (χ3v) is 8.53. The molecule has 1 aromatic heterocycles. The van der Waals surface area contributed by atoms with Crippen LogP contribution in [-0.4, -0.2) is 44.5 Å². The van der Waals surface area contributed by atoms with E-state index in [2.05, 4.69) is 30.6 Å². The highest BCUT2D eigenvalue weighted by atomic mass is 79.9. The first kappa shape index (κ1) is 29.8. The first-order valence-corrected chi connectivity index (χ1v) is 15.4. The Hall–Kier alpha value is -3.18. The minimum Gasteiger partial charge on any atom is -0.497 e. The van der Waals surface area contributed by atoms with Crippen molar-refractivity contribution in [3.8, 4) is 11.5 Å². The minimum atomic E-state index is -4.50. The van der Waals surface area contributed by atoms with E-state index in [9.17, 15) is 13.2 Å². The predicted octanol–water partition coefficient (Wildman–Crippen LogP) is 5.47. The van der Waals surface area contributed by atoms with Crippen LogP contribution in [-0.2, 0) is 20.5 Å². The molecule has 0 spiro atoms. The van der Waals surface area contributed by atoms with Crippen molar-refractivity contribution in [3.63, 3.8) is 0 Å². The Bertz CT molecular complexity index is 1430. The maximum absolute atomic E-state index is 14.0. The lowest BCUT2D eigenvalue weighted by Crippen LogP contribution is -2.53. The number of nitrogens with zero attached hydrogens (tertiary/aromatic N) is 3. The molecule has 4 rings (SSSR count). The smallest absolute Gasteiger partial charge is 0.409 e. The van der Waals surface area contributed by atoms with Crippen LogP contribution in [0.25, 0.3) is 0 Å². The molecule has 11 heteroatoms. The summed E-state index contributed by atoms with van der Waals surface area (Å²) in [5, 5.41) is 0. The molecule has 3 aromatic rings. The largest absolute Gasteiger partial charge is 0.497 e.